The molecule has 1 heterocycles. The molecule has 25 heavy (non-hydrogen) atoms. The quantitative estimate of drug-likeness (QED) is 0.470. The van der Waals surface area contributed by atoms with Crippen molar-refractivity contribution in [1.82, 2.24) is 0 Å². The van der Waals surface area contributed by atoms with Crippen LogP contribution in [-0.4, -0.2) is 0 Å². The fourth-order valence-electron chi connectivity index (χ4n) is 2.98. The van der Waals surface area contributed by atoms with Crippen LogP contribution in [0.15, 0.2) is 100 Å². The Morgan fingerprint density at radius 2 is 1.40 bits per heavy atom. The minimum atomic E-state index is 0.0793. The van der Waals surface area contributed by atoms with Gasteiger partial charge in [0.15, 0.2) is 0 Å². The first-order valence-electron chi connectivity index (χ1n) is 8.48. The van der Waals surface area contributed by atoms with Gasteiger partial charge >= 0.3 is 0 Å². The molecule has 0 saturated heterocycles. The third-order valence-electron chi connectivity index (χ3n) is 4.32. The molecule has 0 N–H and O–H groups in total. The van der Waals surface area contributed by atoms with Crippen molar-refractivity contribution in [1.29, 1.82) is 0 Å². The average molecular weight is 325 g/mol. The lowest BCUT2D eigenvalue weighted by Gasteiger charge is -2.08. The lowest BCUT2D eigenvalue weighted by atomic mass is 10.1. The van der Waals surface area contributed by atoms with Gasteiger partial charge in [-0.15, -0.1) is 0 Å². The highest BCUT2D eigenvalue weighted by Gasteiger charge is 2.07. The molecule has 0 aliphatic rings. The zero-order valence-corrected chi connectivity index (χ0v) is 14.1. The lowest BCUT2D eigenvalue weighted by molar-refractivity contribution is 0.617. The van der Waals surface area contributed by atoms with Crippen molar-refractivity contribution >= 4 is 11.0 Å². The predicted octanol–water partition coefficient (Wildman–Crippen LogP) is 5.76. The van der Waals surface area contributed by atoms with E-state index < -0.39 is 0 Å². The molecule has 0 amide bonds. The van der Waals surface area contributed by atoms with Gasteiger partial charge in [-0.1, -0.05) is 72.8 Å². The topological polar surface area (TPSA) is 25.5 Å². The second-order valence-corrected chi connectivity index (χ2v) is 6.07. The van der Waals surface area contributed by atoms with Crippen LogP contribution < -0.4 is 5.36 Å². The first-order valence-corrected chi connectivity index (χ1v) is 8.48. The van der Waals surface area contributed by atoms with Crippen molar-refractivity contribution < 1.29 is 4.42 Å². The minimum Gasteiger partial charge on any atom is -0.456 e. The molecule has 0 bridgehead atoms. The molecule has 0 spiro atoms. The van der Waals surface area contributed by atoms with E-state index in [0.29, 0.717) is 0 Å². The van der Waals surface area contributed by atoms with Gasteiger partial charge < -0.3 is 4.42 Å². The molecular weight excluding hydrogens is 306 g/mol. The number of hydrogen-bond donors (Lipinski definition) is 0. The molecule has 2 nitrogen and oxygen atoms in total. The van der Waals surface area contributed by atoms with E-state index in [1.807, 2.05) is 48.5 Å². The monoisotopic (exact) mass is 325 g/mol. The van der Waals surface area contributed by atoms with E-state index in [4.69, 9.17) is 9.41 Å². The molecule has 3 aromatic carbocycles. The highest BCUT2D eigenvalue weighted by molar-refractivity contribution is 5.78. The number of benzene rings is 3. The third-order valence-corrected chi connectivity index (χ3v) is 4.32. The number of rotatable bonds is 3. The smallest absolute Gasteiger partial charge is 0.136 e. The van der Waals surface area contributed by atoms with Crippen LogP contribution in [0.4, 0.5) is 0 Å². The van der Waals surface area contributed by atoms with Gasteiger partial charge in [0.2, 0.25) is 0 Å². The highest BCUT2D eigenvalue weighted by atomic mass is 16.3. The summed E-state index contributed by atoms with van der Waals surface area (Å²) in [5, 5.41) is 1.99. The standard InChI is InChI=1S/C23H19NO/c1-17(18-10-4-2-5-11-18)24-21-16-23(19-12-6-3-7-13-19)25-22-15-9-8-14-20(21)22/h2-17H,1H3/t17-/m1/s1. The largest absolute Gasteiger partial charge is 0.456 e. The van der Waals surface area contributed by atoms with Gasteiger partial charge in [0, 0.05) is 17.0 Å². The lowest BCUT2D eigenvalue weighted by Crippen LogP contribution is -2.06. The molecule has 4 aromatic rings. The van der Waals surface area contributed by atoms with Crippen molar-refractivity contribution in [3.63, 3.8) is 0 Å². The van der Waals surface area contributed by atoms with Crippen LogP contribution in [0.3, 0.4) is 0 Å². The van der Waals surface area contributed by atoms with Crippen LogP contribution in [0, 0.1) is 0 Å². The molecule has 0 aliphatic carbocycles. The predicted molar refractivity (Wildman–Crippen MR) is 102 cm³/mol. The van der Waals surface area contributed by atoms with Gasteiger partial charge in [-0.2, -0.15) is 0 Å². The van der Waals surface area contributed by atoms with Crippen molar-refractivity contribution in [2.24, 2.45) is 4.99 Å². The maximum atomic E-state index is 6.12. The molecule has 122 valence electrons. The Morgan fingerprint density at radius 3 is 2.16 bits per heavy atom. The summed E-state index contributed by atoms with van der Waals surface area (Å²) in [6.07, 6.45) is 0. The Labute approximate surface area is 147 Å². The molecule has 0 saturated carbocycles. The summed E-state index contributed by atoms with van der Waals surface area (Å²) in [5.41, 5.74) is 3.11. The van der Waals surface area contributed by atoms with Crippen LogP contribution in [0.1, 0.15) is 18.5 Å². The molecule has 2 heteroatoms. The Hall–Kier alpha value is -3.13. The summed E-state index contributed by atoms with van der Waals surface area (Å²) in [6, 6.07) is 30.7. The fraction of sp³-hybridized carbons (Fsp3) is 0.0870. The van der Waals surface area contributed by atoms with Gasteiger partial charge in [-0.3, -0.25) is 4.99 Å². The van der Waals surface area contributed by atoms with Crippen LogP contribution in [-0.2, 0) is 0 Å². The third kappa shape index (κ3) is 3.24. The van der Waals surface area contributed by atoms with E-state index in [0.717, 1.165) is 27.7 Å². The maximum absolute atomic E-state index is 6.12. The minimum absolute atomic E-state index is 0.0793. The summed E-state index contributed by atoms with van der Waals surface area (Å²) >= 11 is 0. The zero-order valence-electron chi connectivity index (χ0n) is 14.1. The molecule has 4 rings (SSSR count). The van der Waals surface area contributed by atoms with E-state index in [1.54, 1.807) is 0 Å². The van der Waals surface area contributed by atoms with Crippen molar-refractivity contribution in [3.05, 3.63) is 102 Å². The normalized spacial score (nSPS) is 13.1. The van der Waals surface area contributed by atoms with Crippen LogP contribution in [0.25, 0.3) is 22.3 Å². The molecule has 1 atom stereocenters. The number of fused-ring (bicyclic) bond motifs is 1. The Bertz CT molecular complexity index is 1050. The van der Waals surface area contributed by atoms with Crippen LogP contribution >= 0.6 is 0 Å². The highest BCUT2D eigenvalue weighted by Crippen LogP contribution is 2.23. The number of para-hydroxylation sites is 1. The SMILES string of the molecule is C[C@@H](N=c1cc(-c2ccccc2)oc2ccccc12)c1ccccc1. The van der Waals surface area contributed by atoms with E-state index >= 15 is 0 Å². The van der Waals surface area contributed by atoms with Crippen LogP contribution in [0.5, 0.6) is 0 Å². The van der Waals surface area contributed by atoms with E-state index in [2.05, 4.69) is 49.4 Å². The summed E-state index contributed by atoms with van der Waals surface area (Å²) in [7, 11) is 0. The second kappa shape index (κ2) is 6.78. The molecule has 1 aromatic heterocycles. The van der Waals surface area contributed by atoms with E-state index in [-0.39, 0.29) is 6.04 Å². The molecule has 0 unspecified atom stereocenters. The molecule has 0 radical (unpaired) electrons. The second-order valence-electron chi connectivity index (χ2n) is 6.07. The number of hydrogen-bond acceptors (Lipinski definition) is 2. The molecule has 0 aliphatic heterocycles. The molecule has 0 fully saturated rings. The van der Waals surface area contributed by atoms with Gasteiger partial charge in [-0.25, -0.2) is 0 Å². The number of nitrogens with zero attached hydrogens (tertiary/aromatic N) is 1. The van der Waals surface area contributed by atoms with Gasteiger partial charge in [0.05, 0.1) is 11.4 Å². The van der Waals surface area contributed by atoms with Crippen LogP contribution in [0.2, 0.25) is 0 Å². The summed E-state index contributed by atoms with van der Waals surface area (Å²) < 4.78 is 6.12. The van der Waals surface area contributed by atoms with Gasteiger partial charge in [-0.05, 0) is 24.6 Å². The van der Waals surface area contributed by atoms with Crippen molar-refractivity contribution in [3.8, 4) is 11.3 Å². The van der Waals surface area contributed by atoms with Crippen molar-refractivity contribution in [2.45, 2.75) is 13.0 Å². The van der Waals surface area contributed by atoms with E-state index in [1.165, 1.54) is 5.56 Å². The van der Waals surface area contributed by atoms with Crippen molar-refractivity contribution in [2.75, 3.05) is 0 Å². The summed E-state index contributed by atoms with van der Waals surface area (Å²) in [6.45, 7) is 2.12. The maximum Gasteiger partial charge on any atom is 0.136 e. The Balaban J connectivity index is 1.91. The van der Waals surface area contributed by atoms with Gasteiger partial charge in [0.25, 0.3) is 0 Å². The molecular formula is C23H19NO. The zero-order chi connectivity index (χ0) is 17.1. The first-order chi connectivity index (χ1) is 12.3. The fourth-order valence-corrected chi connectivity index (χ4v) is 2.98. The van der Waals surface area contributed by atoms with Gasteiger partial charge in [0.1, 0.15) is 11.3 Å². The summed E-state index contributed by atoms with van der Waals surface area (Å²) in [4.78, 5) is 4.98. The first kappa shape index (κ1) is 15.4. The Morgan fingerprint density at radius 1 is 0.760 bits per heavy atom. The van der Waals surface area contributed by atoms with E-state index in [9.17, 15) is 0 Å². The average Bonchev–Trinajstić information content (AvgIpc) is 2.69. The Kier molecular flexibility index (Phi) is 4.17. The summed E-state index contributed by atoms with van der Waals surface area (Å²) in [5.74, 6) is 0.832.